The number of fused-ring (bicyclic) bond motifs is 1. The van der Waals surface area contributed by atoms with Crippen LogP contribution in [-0.2, 0) is 4.79 Å². The second-order valence-electron chi connectivity index (χ2n) is 4.39. The largest absolute Gasteiger partial charge is 0.395 e. The van der Waals surface area contributed by atoms with Crippen LogP contribution in [0.4, 0.5) is 4.39 Å². The van der Waals surface area contributed by atoms with Crippen LogP contribution in [0.25, 0.3) is 17.0 Å². The number of hydrogen-bond donors (Lipinski definition) is 1. The Hall–Kier alpha value is -2.27. The van der Waals surface area contributed by atoms with Crippen molar-refractivity contribution < 1.29 is 14.3 Å². The summed E-state index contributed by atoms with van der Waals surface area (Å²) in [4.78, 5) is 17.4. The van der Waals surface area contributed by atoms with Crippen LogP contribution in [0.15, 0.2) is 36.4 Å². The highest BCUT2D eigenvalue weighted by Crippen LogP contribution is 2.14. The predicted molar refractivity (Wildman–Crippen MR) is 75.5 cm³/mol. The van der Waals surface area contributed by atoms with E-state index >= 15 is 0 Å². The van der Waals surface area contributed by atoms with Gasteiger partial charge in [0.15, 0.2) is 0 Å². The number of carbonyl (C=O) groups excluding carboxylic acids is 1. The Morgan fingerprint density at radius 2 is 2.20 bits per heavy atom. The summed E-state index contributed by atoms with van der Waals surface area (Å²) in [6, 6.07) is 7.84. The lowest BCUT2D eigenvalue weighted by atomic mass is 10.2. The van der Waals surface area contributed by atoms with Crippen LogP contribution < -0.4 is 0 Å². The lowest BCUT2D eigenvalue weighted by Crippen LogP contribution is -2.27. The minimum atomic E-state index is -0.302. The van der Waals surface area contributed by atoms with E-state index in [-0.39, 0.29) is 24.9 Å². The van der Waals surface area contributed by atoms with Crippen molar-refractivity contribution in [3.05, 3.63) is 47.9 Å². The number of aliphatic hydroxyl groups excluding tert-OH is 1. The van der Waals surface area contributed by atoms with Gasteiger partial charge in [0.25, 0.3) is 0 Å². The highest BCUT2D eigenvalue weighted by molar-refractivity contribution is 5.91. The molecule has 0 saturated carbocycles. The lowest BCUT2D eigenvalue weighted by molar-refractivity contribution is -0.125. The minimum Gasteiger partial charge on any atom is -0.395 e. The Morgan fingerprint density at radius 1 is 1.40 bits per heavy atom. The first kappa shape index (κ1) is 14.1. The van der Waals surface area contributed by atoms with E-state index in [1.165, 1.54) is 23.1 Å². The second kappa shape index (κ2) is 6.25. The molecule has 0 bridgehead atoms. The molecule has 1 N–H and O–H groups in total. The van der Waals surface area contributed by atoms with Gasteiger partial charge in [0.1, 0.15) is 5.82 Å². The summed E-state index contributed by atoms with van der Waals surface area (Å²) in [5.74, 6) is -0.511. The molecule has 0 unspecified atom stereocenters. The number of likely N-dealkylation sites (N-methyl/N-ethyl adjacent to an activating group) is 1. The van der Waals surface area contributed by atoms with Gasteiger partial charge in [-0.25, -0.2) is 9.37 Å². The molecule has 0 aliphatic carbocycles. The molecule has 20 heavy (non-hydrogen) atoms. The number of amides is 1. The maximum Gasteiger partial charge on any atom is 0.246 e. The van der Waals surface area contributed by atoms with Crippen molar-refractivity contribution >= 4 is 22.9 Å². The summed E-state index contributed by atoms with van der Waals surface area (Å²) in [6.45, 7) is 0.212. The summed E-state index contributed by atoms with van der Waals surface area (Å²) in [5.41, 5.74) is 1.29. The van der Waals surface area contributed by atoms with Crippen molar-refractivity contribution in [3.8, 4) is 0 Å². The Balaban J connectivity index is 2.17. The molecule has 0 saturated heterocycles. The highest BCUT2D eigenvalue weighted by atomic mass is 19.1. The fourth-order valence-corrected chi connectivity index (χ4v) is 1.75. The molecule has 1 aromatic carbocycles. The van der Waals surface area contributed by atoms with E-state index in [1.54, 1.807) is 31.3 Å². The van der Waals surface area contributed by atoms with Crippen molar-refractivity contribution in [1.82, 2.24) is 9.88 Å². The normalized spacial score (nSPS) is 11.2. The van der Waals surface area contributed by atoms with Crippen LogP contribution in [0.1, 0.15) is 5.69 Å². The van der Waals surface area contributed by atoms with E-state index < -0.39 is 0 Å². The molecule has 0 atom stereocenters. The summed E-state index contributed by atoms with van der Waals surface area (Å²) in [5, 5.41) is 9.46. The van der Waals surface area contributed by atoms with Gasteiger partial charge >= 0.3 is 0 Å². The first-order valence-electron chi connectivity index (χ1n) is 6.20. The molecular formula is C15H15FN2O2. The van der Waals surface area contributed by atoms with Gasteiger partial charge in [-0.05, 0) is 30.3 Å². The van der Waals surface area contributed by atoms with Crippen molar-refractivity contribution in [3.63, 3.8) is 0 Å². The first-order valence-corrected chi connectivity index (χ1v) is 6.20. The molecule has 0 fully saturated rings. The molecule has 0 radical (unpaired) electrons. The Kier molecular flexibility index (Phi) is 4.42. The van der Waals surface area contributed by atoms with Gasteiger partial charge in [0, 0.05) is 25.1 Å². The van der Waals surface area contributed by atoms with E-state index in [1.807, 2.05) is 0 Å². The van der Waals surface area contributed by atoms with Gasteiger partial charge in [-0.15, -0.1) is 0 Å². The summed E-state index contributed by atoms with van der Waals surface area (Å²) < 4.78 is 13.0. The molecule has 1 amide bonds. The Labute approximate surface area is 116 Å². The molecule has 0 aliphatic rings. The molecule has 0 aliphatic heterocycles. The second-order valence-corrected chi connectivity index (χ2v) is 4.39. The van der Waals surface area contributed by atoms with Gasteiger partial charge in [-0.2, -0.15) is 0 Å². The number of rotatable bonds is 4. The molecule has 0 spiro atoms. The minimum absolute atomic E-state index is 0.0735. The smallest absolute Gasteiger partial charge is 0.246 e. The zero-order valence-electron chi connectivity index (χ0n) is 11.1. The average Bonchev–Trinajstić information content (AvgIpc) is 2.44. The Bertz CT molecular complexity index is 655. The number of carbonyl (C=O) groups is 1. The van der Waals surface area contributed by atoms with Crippen molar-refractivity contribution in [1.29, 1.82) is 0 Å². The number of aliphatic hydroxyl groups is 1. The molecule has 104 valence electrons. The highest BCUT2D eigenvalue weighted by Gasteiger charge is 2.03. The van der Waals surface area contributed by atoms with E-state index in [0.717, 1.165) is 0 Å². The third-order valence-electron chi connectivity index (χ3n) is 2.88. The van der Waals surface area contributed by atoms with Crippen LogP contribution in [0, 0.1) is 5.82 Å². The molecule has 1 aromatic heterocycles. The van der Waals surface area contributed by atoms with Crippen LogP contribution in [-0.4, -0.2) is 41.1 Å². The monoisotopic (exact) mass is 274 g/mol. The van der Waals surface area contributed by atoms with Crippen LogP contribution in [0.5, 0.6) is 0 Å². The SMILES string of the molecule is CN(CCO)C(=O)/C=C/c1ccc2cc(F)ccc2n1. The van der Waals surface area contributed by atoms with Crippen molar-refractivity contribution in [2.24, 2.45) is 0 Å². The topological polar surface area (TPSA) is 53.4 Å². The van der Waals surface area contributed by atoms with Crippen LogP contribution in [0.2, 0.25) is 0 Å². The van der Waals surface area contributed by atoms with E-state index in [4.69, 9.17) is 5.11 Å². The van der Waals surface area contributed by atoms with Crippen LogP contribution >= 0.6 is 0 Å². The number of halogens is 1. The third kappa shape index (κ3) is 3.39. The number of benzene rings is 1. The molecule has 1 heterocycles. The van der Waals surface area contributed by atoms with Crippen molar-refractivity contribution in [2.45, 2.75) is 0 Å². The molecule has 2 rings (SSSR count). The lowest BCUT2D eigenvalue weighted by Gasteiger charge is -2.12. The van der Waals surface area contributed by atoms with Gasteiger partial charge in [-0.3, -0.25) is 4.79 Å². The predicted octanol–water partition coefficient (Wildman–Crippen LogP) is 1.84. The maximum atomic E-state index is 13.0. The Morgan fingerprint density at radius 3 is 2.95 bits per heavy atom. The zero-order valence-corrected chi connectivity index (χ0v) is 11.1. The van der Waals surface area contributed by atoms with Gasteiger partial charge < -0.3 is 10.0 Å². The zero-order chi connectivity index (χ0) is 14.5. The van der Waals surface area contributed by atoms with Gasteiger partial charge in [-0.1, -0.05) is 6.07 Å². The van der Waals surface area contributed by atoms with Gasteiger partial charge in [0.2, 0.25) is 5.91 Å². The van der Waals surface area contributed by atoms with Gasteiger partial charge in [0.05, 0.1) is 17.8 Å². The first-order chi connectivity index (χ1) is 9.60. The fourth-order valence-electron chi connectivity index (χ4n) is 1.75. The van der Waals surface area contributed by atoms with E-state index in [2.05, 4.69) is 4.98 Å². The van der Waals surface area contributed by atoms with E-state index in [9.17, 15) is 9.18 Å². The number of nitrogens with zero attached hydrogens (tertiary/aromatic N) is 2. The number of aromatic nitrogens is 1. The molecule has 2 aromatic rings. The third-order valence-corrected chi connectivity index (χ3v) is 2.88. The number of hydrogen-bond acceptors (Lipinski definition) is 3. The summed E-state index contributed by atoms with van der Waals surface area (Å²) in [7, 11) is 1.61. The number of pyridine rings is 1. The molecule has 5 heteroatoms. The summed E-state index contributed by atoms with van der Waals surface area (Å²) >= 11 is 0. The maximum absolute atomic E-state index is 13.0. The average molecular weight is 274 g/mol. The van der Waals surface area contributed by atoms with Crippen LogP contribution in [0.3, 0.4) is 0 Å². The summed E-state index contributed by atoms with van der Waals surface area (Å²) in [6.07, 6.45) is 2.99. The fraction of sp³-hybridized carbons (Fsp3) is 0.200. The standard InChI is InChI=1S/C15H15FN2O2/c1-18(8-9-19)15(20)7-5-13-4-2-11-10-12(16)3-6-14(11)17-13/h2-7,10,19H,8-9H2,1H3/b7-5+. The molecular weight excluding hydrogens is 259 g/mol. The molecule has 4 nitrogen and oxygen atoms in total. The van der Waals surface area contributed by atoms with E-state index in [0.29, 0.717) is 16.6 Å². The quantitative estimate of drug-likeness (QED) is 0.865. The van der Waals surface area contributed by atoms with Crippen molar-refractivity contribution in [2.75, 3.05) is 20.2 Å².